The molecule has 140 valence electrons. The summed E-state index contributed by atoms with van der Waals surface area (Å²) >= 11 is 1.71. The van der Waals surface area contributed by atoms with E-state index in [2.05, 4.69) is 0 Å². The zero-order chi connectivity index (χ0) is 18.0. The molecular weight excluding hydrogens is 360 g/mol. The van der Waals surface area contributed by atoms with Gasteiger partial charge in [-0.25, -0.2) is 0 Å². The molecule has 0 radical (unpaired) electrons. The lowest BCUT2D eigenvalue weighted by atomic mass is 10.00. The van der Waals surface area contributed by atoms with Crippen LogP contribution in [0.2, 0.25) is 0 Å². The molecule has 25 heavy (non-hydrogen) atoms. The smallest absolute Gasteiger partial charge is 0.310 e. The molecule has 1 saturated heterocycles. The number of carbonyl (C=O) groups excluding carboxylic acids is 1. The third-order valence-electron chi connectivity index (χ3n) is 5.06. The lowest BCUT2D eigenvalue weighted by Crippen LogP contribution is -2.51. The molecule has 0 spiro atoms. The highest BCUT2D eigenvalue weighted by Crippen LogP contribution is 2.38. The maximum Gasteiger partial charge on any atom is 0.310 e. The Morgan fingerprint density at radius 1 is 1.36 bits per heavy atom. The van der Waals surface area contributed by atoms with Crippen molar-refractivity contribution >= 4 is 27.5 Å². The Balaban J connectivity index is 1.80. The minimum atomic E-state index is -3.58. The summed E-state index contributed by atoms with van der Waals surface area (Å²) in [6, 6.07) is 1.94. The Hall–Kier alpha value is -0.960. The number of hydrogen-bond acceptors (Lipinski definition) is 5. The van der Waals surface area contributed by atoms with Gasteiger partial charge in [-0.2, -0.15) is 17.0 Å². The maximum absolute atomic E-state index is 13.3. The van der Waals surface area contributed by atoms with Gasteiger partial charge in [0.1, 0.15) is 0 Å². The average molecular weight is 387 g/mol. The van der Waals surface area contributed by atoms with Gasteiger partial charge in [0.05, 0.1) is 18.6 Å². The number of thiophene rings is 1. The summed E-state index contributed by atoms with van der Waals surface area (Å²) in [4.78, 5) is 13.3. The van der Waals surface area contributed by atoms with Gasteiger partial charge in [0.2, 0.25) is 0 Å². The monoisotopic (exact) mass is 386 g/mol. The van der Waals surface area contributed by atoms with E-state index in [9.17, 15) is 13.2 Å². The largest absolute Gasteiger partial charge is 0.466 e. The number of nitrogens with zero attached hydrogens (tertiary/aromatic N) is 2. The number of ether oxygens (including phenoxy) is 1. The Bertz CT molecular complexity index is 716. The highest BCUT2D eigenvalue weighted by Gasteiger charge is 2.41. The van der Waals surface area contributed by atoms with Crippen molar-refractivity contribution in [3.05, 3.63) is 21.9 Å². The van der Waals surface area contributed by atoms with Crippen LogP contribution in [0.15, 0.2) is 11.4 Å². The van der Waals surface area contributed by atoms with E-state index in [1.54, 1.807) is 22.6 Å². The second kappa shape index (κ2) is 7.73. The number of esters is 1. The average Bonchev–Trinajstić information content (AvgIpc) is 3.10. The topological polar surface area (TPSA) is 66.9 Å². The van der Waals surface area contributed by atoms with E-state index in [4.69, 9.17) is 4.74 Å². The SMILES string of the molecule is CCOC(=O)[C@@H]1CCCN(S(=O)(=O)N2CCc3sccc3[C@@H]2CC)C1. The van der Waals surface area contributed by atoms with Crippen LogP contribution < -0.4 is 0 Å². The summed E-state index contributed by atoms with van der Waals surface area (Å²) in [5.74, 6) is -0.641. The molecule has 1 fully saturated rings. The van der Waals surface area contributed by atoms with Gasteiger partial charge in [-0.05, 0) is 49.6 Å². The third-order valence-corrected chi connectivity index (χ3v) is 8.07. The van der Waals surface area contributed by atoms with Gasteiger partial charge in [0.25, 0.3) is 10.2 Å². The van der Waals surface area contributed by atoms with Crippen molar-refractivity contribution in [2.24, 2.45) is 5.92 Å². The first-order valence-corrected chi connectivity index (χ1v) is 11.3. The van der Waals surface area contributed by atoms with Crippen molar-refractivity contribution in [1.29, 1.82) is 0 Å². The molecule has 0 saturated carbocycles. The second-order valence-corrected chi connectivity index (χ2v) is 9.42. The normalized spacial score (nSPS) is 25.5. The van der Waals surface area contributed by atoms with Crippen molar-refractivity contribution in [3.8, 4) is 0 Å². The molecule has 0 amide bonds. The number of piperidine rings is 1. The van der Waals surface area contributed by atoms with Crippen molar-refractivity contribution in [1.82, 2.24) is 8.61 Å². The van der Waals surface area contributed by atoms with Crippen LogP contribution in [0.1, 0.15) is 49.6 Å². The molecule has 3 rings (SSSR count). The van der Waals surface area contributed by atoms with E-state index in [0.717, 1.165) is 18.4 Å². The number of carbonyl (C=O) groups is 1. The summed E-state index contributed by atoms with van der Waals surface area (Å²) in [7, 11) is -3.58. The predicted molar refractivity (Wildman–Crippen MR) is 97.6 cm³/mol. The third kappa shape index (κ3) is 3.63. The second-order valence-electron chi connectivity index (χ2n) is 6.54. The molecule has 8 heteroatoms. The Kier molecular flexibility index (Phi) is 5.82. The highest BCUT2D eigenvalue weighted by atomic mass is 32.2. The van der Waals surface area contributed by atoms with E-state index in [0.29, 0.717) is 32.5 Å². The minimum absolute atomic E-state index is 0.108. The van der Waals surface area contributed by atoms with Crippen molar-refractivity contribution in [3.63, 3.8) is 0 Å². The van der Waals surface area contributed by atoms with Crippen molar-refractivity contribution in [2.45, 2.75) is 45.6 Å². The van der Waals surface area contributed by atoms with Crippen LogP contribution in [0.5, 0.6) is 0 Å². The summed E-state index contributed by atoms with van der Waals surface area (Å²) in [6.45, 7) is 5.33. The van der Waals surface area contributed by atoms with E-state index in [1.807, 2.05) is 18.4 Å². The highest BCUT2D eigenvalue weighted by molar-refractivity contribution is 7.86. The van der Waals surface area contributed by atoms with E-state index >= 15 is 0 Å². The maximum atomic E-state index is 13.3. The standard InChI is InChI=1S/C17H26N2O4S2/c1-3-15-14-8-11-24-16(14)7-10-19(15)25(21,22)18-9-5-6-13(12-18)17(20)23-4-2/h8,11,13,15H,3-7,9-10,12H2,1-2H3/t13-,15+/m1/s1. The summed E-state index contributed by atoms with van der Waals surface area (Å²) < 4.78 is 34.8. The van der Waals surface area contributed by atoms with Crippen LogP contribution >= 0.6 is 11.3 Å². The molecule has 2 atom stereocenters. The fourth-order valence-electron chi connectivity index (χ4n) is 3.83. The lowest BCUT2D eigenvalue weighted by molar-refractivity contribution is -0.149. The van der Waals surface area contributed by atoms with Crippen LogP contribution in [-0.2, 0) is 26.2 Å². The zero-order valence-corrected chi connectivity index (χ0v) is 16.4. The molecular formula is C17H26N2O4S2. The molecule has 1 aromatic rings. The number of hydrogen-bond donors (Lipinski definition) is 0. The lowest BCUT2D eigenvalue weighted by Gasteiger charge is -2.39. The first-order valence-electron chi connectivity index (χ1n) is 8.98. The number of rotatable bonds is 5. The molecule has 0 N–H and O–H groups in total. The van der Waals surface area contributed by atoms with Crippen LogP contribution in [0.25, 0.3) is 0 Å². The van der Waals surface area contributed by atoms with Gasteiger partial charge in [-0.1, -0.05) is 6.92 Å². The Labute approximate surface area is 153 Å². The van der Waals surface area contributed by atoms with E-state index in [1.165, 1.54) is 9.18 Å². The Morgan fingerprint density at radius 2 is 2.16 bits per heavy atom. The summed E-state index contributed by atoms with van der Waals surface area (Å²) in [6.07, 6.45) is 2.89. The summed E-state index contributed by atoms with van der Waals surface area (Å²) in [5, 5.41) is 2.04. The molecule has 1 aromatic heterocycles. The molecule has 0 aliphatic carbocycles. The van der Waals surface area contributed by atoms with Gasteiger partial charge >= 0.3 is 5.97 Å². The van der Waals surface area contributed by atoms with Gasteiger partial charge in [0.15, 0.2) is 0 Å². The van der Waals surface area contributed by atoms with E-state index in [-0.39, 0.29) is 24.5 Å². The predicted octanol–water partition coefficient (Wildman–Crippen LogP) is 2.58. The van der Waals surface area contributed by atoms with Crippen LogP contribution in [-0.4, -0.2) is 49.2 Å². The fraction of sp³-hybridized carbons (Fsp3) is 0.706. The van der Waals surface area contributed by atoms with Gasteiger partial charge in [0, 0.05) is 24.5 Å². The molecule has 0 bridgehead atoms. The van der Waals surface area contributed by atoms with E-state index < -0.39 is 10.2 Å². The summed E-state index contributed by atoms with van der Waals surface area (Å²) in [5.41, 5.74) is 1.14. The van der Waals surface area contributed by atoms with Gasteiger partial charge < -0.3 is 4.74 Å². The molecule has 3 heterocycles. The zero-order valence-electron chi connectivity index (χ0n) is 14.8. The van der Waals surface area contributed by atoms with Crippen molar-refractivity contribution in [2.75, 3.05) is 26.2 Å². The minimum Gasteiger partial charge on any atom is -0.466 e. The fourth-order valence-corrected chi connectivity index (χ4v) is 6.69. The first kappa shape index (κ1) is 18.8. The van der Waals surface area contributed by atoms with Crippen LogP contribution in [0.4, 0.5) is 0 Å². The quantitative estimate of drug-likeness (QED) is 0.730. The molecule has 0 aromatic carbocycles. The van der Waals surface area contributed by atoms with Crippen LogP contribution in [0, 0.1) is 5.92 Å². The molecule has 6 nitrogen and oxygen atoms in total. The van der Waals surface area contributed by atoms with Gasteiger partial charge in [-0.3, -0.25) is 4.79 Å². The van der Waals surface area contributed by atoms with Gasteiger partial charge in [-0.15, -0.1) is 11.3 Å². The molecule has 2 aliphatic heterocycles. The molecule has 2 aliphatic rings. The first-order chi connectivity index (χ1) is 12.0. The molecule has 0 unspecified atom stereocenters. The Morgan fingerprint density at radius 3 is 2.88 bits per heavy atom. The van der Waals surface area contributed by atoms with Crippen molar-refractivity contribution < 1.29 is 17.9 Å². The number of fused-ring (bicyclic) bond motifs is 1. The van der Waals surface area contributed by atoms with Crippen LogP contribution in [0.3, 0.4) is 0 Å².